The van der Waals surface area contributed by atoms with Gasteiger partial charge in [-0.2, -0.15) is 23.4 Å². The van der Waals surface area contributed by atoms with Gasteiger partial charge >= 0.3 is 6.18 Å². The Morgan fingerprint density at radius 3 is 2.58 bits per heavy atom. The van der Waals surface area contributed by atoms with Crippen LogP contribution in [-0.4, -0.2) is 32.0 Å². The van der Waals surface area contributed by atoms with Crippen molar-refractivity contribution < 1.29 is 18.0 Å². The van der Waals surface area contributed by atoms with Crippen molar-refractivity contribution in [2.45, 2.75) is 40.0 Å². The third kappa shape index (κ3) is 4.84. The number of alkyl halides is 3. The zero-order valence-electron chi connectivity index (χ0n) is 13.8. The van der Waals surface area contributed by atoms with Crippen LogP contribution in [-0.2, 0) is 24.1 Å². The normalized spacial score (nSPS) is 13.1. The van der Waals surface area contributed by atoms with Gasteiger partial charge in [0.15, 0.2) is 5.69 Å². The van der Waals surface area contributed by atoms with Gasteiger partial charge in [-0.3, -0.25) is 14.2 Å². The van der Waals surface area contributed by atoms with Gasteiger partial charge in [0.25, 0.3) is 0 Å². The molecular weight excluding hydrogens is 323 g/mol. The molecule has 0 saturated heterocycles. The van der Waals surface area contributed by atoms with Crippen LogP contribution in [0.3, 0.4) is 0 Å². The largest absolute Gasteiger partial charge is 0.435 e. The average Bonchev–Trinajstić information content (AvgIpc) is 3.03. The van der Waals surface area contributed by atoms with Crippen molar-refractivity contribution in [3.05, 3.63) is 35.4 Å². The van der Waals surface area contributed by atoms with Gasteiger partial charge in [-0.25, -0.2) is 0 Å². The molecule has 0 aliphatic heterocycles. The van der Waals surface area contributed by atoms with Gasteiger partial charge in [-0.05, 0) is 31.9 Å². The van der Waals surface area contributed by atoms with Crippen molar-refractivity contribution in [1.82, 2.24) is 24.9 Å². The third-order valence-corrected chi connectivity index (χ3v) is 3.47. The lowest BCUT2D eigenvalue weighted by atomic mass is 10.2. The molecule has 1 N–H and O–H groups in total. The van der Waals surface area contributed by atoms with Gasteiger partial charge in [0, 0.05) is 25.0 Å². The highest BCUT2D eigenvalue weighted by Gasteiger charge is 2.33. The molecular formula is C15H20F3N5O. The maximum Gasteiger partial charge on any atom is 0.435 e. The van der Waals surface area contributed by atoms with Crippen LogP contribution >= 0.6 is 0 Å². The molecule has 2 aromatic rings. The van der Waals surface area contributed by atoms with Crippen LogP contribution in [0.25, 0.3) is 0 Å². The highest BCUT2D eigenvalue weighted by atomic mass is 19.4. The van der Waals surface area contributed by atoms with Crippen molar-refractivity contribution in [2.24, 2.45) is 5.92 Å². The summed E-state index contributed by atoms with van der Waals surface area (Å²) in [4.78, 5) is 11.8. The van der Waals surface area contributed by atoms with Crippen molar-refractivity contribution in [2.75, 3.05) is 6.54 Å². The average molecular weight is 343 g/mol. The van der Waals surface area contributed by atoms with Gasteiger partial charge in [-0.1, -0.05) is 6.92 Å². The maximum atomic E-state index is 12.4. The first-order chi connectivity index (χ1) is 11.1. The van der Waals surface area contributed by atoms with Gasteiger partial charge in [-0.15, -0.1) is 0 Å². The van der Waals surface area contributed by atoms with E-state index in [1.165, 1.54) is 0 Å². The van der Waals surface area contributed by atoms with E-state index >= 15 is 0 Å². The Bertz CT molecular complexity index is 704. The van der Waals surface area contributed by atoms with Crippen molar-refractivity contribution in [1.29, 1.82) is 0 Å². The first-order valence-electron chi connectivity index (χ1n) is 7.53. The second kappa shape index (κ2) is 7.06. The SMILES string of the molecule is Cc1cc(C)n(C[C@H](C)CNC(=O)Cn2ccc(C(F)(F)F)n2)n1. The summed E-state index contributed by atoms with van der Waals surface area (Å²) in [6.45, 7) is 6.65. The van der Waals surface area contributed by atoms with Crippen LogP contribution in [0.15, 0.2) is 18.3 Å². The fourth-order valence-corrected chi connectivity index (χ4v) is 2.31. The number of hydrogen-bond donors (Lipinski definition) is 1. The molecule has 0 radical (unpaired) electrons. The minimum absolute atomic E-state index is 0.135. The molecule has 0 aromatic carbocycles. The summed E-state index contributed by atoms with van der Waals surface area (Å²) in [6.07, 6.45) is -3.36. The lowest BCUT2D eigenvalue weighted by Gasteiger charge is -2.14. The molecule has 0 aliphatic carbocycles. The molecule has 1 atom stereocenters. The number of amides is 1. The predicted octanol–water partition coefficient (Wildman–Crippen LogP) is 2.17. The van der Waals surface area contributed by atoms with Crippen LogP contribution in [0.2, 0.25) is 0 Å². The Morgan fingerprint density at radius 2 is 2.04 bits per heavy atom. The molecule has 24 heavy (non-hydrogen) atoms. The fraction of sp³-hybridized carbons (Fsp3) is 0.533. The monoisotopic (exact) mass is 343 g/mol. The summed E-state index contributed by atoms with van der Waals surface area (Å²) in [5.41, 5.74) is 0.970. The molecule has 1 amide bonds. The Balaban J connectivity index is 1.80. The summed E-state index contributed by atoms with van der Waals surface area (Å²) >= 11 is 0. The van der Waals surface area contributed by atoms with E-state index in [0.29, 0.717) is 13.1 Å². The molecule has 2 aromatic heterocycles. The summed E-state index contributed by atoms with van der Waals surface area (Å²) in [6, 6.07) is 2.82. The zero-order chi connectivity index (χ0) is 17.9. The number of aryl methyl sites for hydroxylation is 2. The zero-order valence-corrected chi connectivity index (χ0v) is 13.8. The fourth-order valence-electron chi connectivity index (χ4n) is 2.31. The first-order valence-corrected chi connectivity index (χ1v) is 7.53. The Labute approximate surface area is 137 Å². The van der Waals surface area contributed by atoms with Crippen LogP contribution in [0, 0.1) is 19.8 Å². The molecule has 0 fully saturated rings. The predicted molar refractivity (Wildman–Crippen MR) is 81.1 cm³/mol. The van der Waals surface area contributed by atoms with Crippen molar-refractivity contribution >= 4 is 5.91 Å². The van der Waals surface area contributed by atoms with Crippen LogP contribution < -0.4 is 5.32 Å². The Morgan fingerprint density at radius 1 is 1.33 bits per heavy atom. The number of carbonyl (C=O) groups is 1. The molecule has 6 nitrogen and oxygen atoms in total. The van der Waals surface area contributed by atoms with Gasteiger partial charge < -0.3 is 5.32 Å². The summed E-state index contributed by atoms with van der Waals surface area (Å²) in [7, 11) is 0. The number of nitrogens with zero attached hydrogens (tertiary/aromatic N) is 4. The molecule has 9 heteroatoms. The van der Waals surface area contributed by atoms with E-state index in [-0.39, 0.29) is 18.4 Å². The smallest absolute Gasteiger partial charge is 0.354 e. The van der Waals surface area contributed by atoms with Crippen LogP contribution in [0.4, 0.5) is 13.2 Å². The molecule has 0 spiro atoms. The highest BCUT2D eigenvalue weighted by Crippen LogP contribution is 2.27. The number of nitrogens with one attached hydrogen (secondary N) is 1. The van der Waals surface area contributed by atoms with Gasteiger partial charge in [0.05, 0.1) is 5.69 Å². The number of halogens is 3. The summed E-state index contributed by atoms with van der Waals surface area (Å²) in [5, 5.41) is 10.4. The molecule has 2 rings (SSSR count). The number of hydrogen-bond acceptors (Lipinski definition) is 3. The second-order valence-electron chi connectivity index (χ2n) is 5.91. The molecule has 0 aliphatic rings. The highest BCUT2D eigenvalue weighted by molar-refractivity contribution is 5.75. The molecule has 2 heterocycles. The number of rotatable bonds is 6. The molecule has 0 bridgehead atoms. The first kappa shape index (κ1) is 18.0. The van der Waals surface area contributed by atoms with E-state index in [9.17, 15) is 18.0 Å². The van der Waals surface area contributed by atoms with E-state index < -0.39 is 11.9 Å². The minimum atomic E-state index is -4.50. The van der Waals surface area contributed by atoms with Gasteiger partial charge in [0.2, 0.25) is 5.91 Å². The lowest BCUT2D eigenvalue weighted by Crippen LogP contribution is -2.33. The van der Waals surface area contributed by atoms with Crippen LogP contribution in [0.5, 0.6) is 0 Å². The van der Waals surface area contributed by atoms with E-state index in [2.05, 4.69) is 15.5 Å². The Hall–Kier alpha value is -2.32. The molecule has 0 unspecified atom stereocenters. The van der Waals surface area contributed by atoms with E-state index in [1.807, 2.05) is 31.5 Å². The second-order valence-corrected chi connectivity index (χ2v) is 5.91. The summed E-state index contributed by atoms with van der Waals surface area (Å²) < 4.78 is 40.2. The third-order valence-electron chi connectivity index (χ3n) is 3.47. The maximum absolute atomic E-state index is 12.4. The van der Waals surface area contributed by atoms with Crippen molar-refractivity contribution in [3.63, 3.8) is 0 Å². The van der Waals surface area contributed by atoms with E-state index in [0.717, 1.165) is 28.3 Å². The van der Waals surface area contributed by atoms with E-state index in [1.54, 1.807) is 0 Å². The minimum Gasteiger partial charge on any atom is -0.354 e. The summed E-state index contributed by atoms with van der Waals surface area (Å²) in [5.74, 6) is -0.248. The lowest BCUT2D eigenvalue weighted by molar-refractivity contribution is -0.141. The standard InChI is InChI=1S/C15H20F3N5O/c1-10(8-23-12(3)6-11(2)20-23)7-19-14(24)9-22-5-4-13(21-22)15(16,17)18/h4-6,10H,7-9H2,1-3H3,(H,19,24)/t10-/m1/s1. The van der Waals surface area contributed by atoms with Crippen LogP contribution in [0.1, 0.15) is 24.0 Å². The van der Waals surface area contributed by atoms with Crippen molar-refractivity contribution in [3.8, 4) is 0 Å². The quantitative estimate of drug-likeness (QED) is 0.874. The topological polar surface area (TPSA) is 64.7 Å². The van der Waals surface area contributed by atoms with E-state index in [4.69, 9.17) is 0 Å². The number of carbonyl (C=O) groups excluding carboxylic acids is 1. The van der Waals surface area contributed by atoms with Gasteiger partial charge in [0.1, 0.15) is 6.54 Å². The molecule has 132 valence electrons. The molecule has 0 saturated carbocycles. The number of aromatic nitrogens is 4. The Kier molecular flexibility index (Phi) is 5.30.